The number of para-hydroxylation sites is 1. The third-order valence-corrected chi connectivity index (χ3v) is 9.90. The van der Waals surface area contributed by atoms with Crippen molar-refractivity contribution in [1.29, 1.82) is 0 Å². The van der Waals surface area contributed by atoms with Crippen molar-refractivity contribution in [2.24, 2.45) is 11.1 Å². The van der Waals surface area contributed by atoms with E-state index < -0.39 is 45.1 Å². The Morgan fingerprint density at radius 3 is 2.04 bits per heavy atom. The lowest BCUT2D eigenvalue weighted by atomic mass is 9.72. The highest BCUT2D eigenvalue weighted by atomic mass is 32.2. The first-order valence-electron chi connectivity index (χ1n) is 14.4. The van der Waals surface area contributed by atoms with Gasteiger partial charge < -0.3 is 15.9 Å². The fourth-order valence-electron chi connectivity index (χ4n) is 6.17. The first-order valence-corrected chi connectivity index (χ1v) is 15.8. The molecule has 45 heavy (non-hydrogen) atoms. The van der Waals surface area contributed by atoms with Crippen molar-refractivity contribution in [3.05, 3.63) is 100 Å². The maximum Gasteiger partial charge on any atom is 0.418 e. The van der Waals surface area contributed by atoms with Crippen molar-refractivity contribution in [2.75, 3.05) is 10.8 Å². The fraction of sp³-hybridized carbons (Fsp3) is 0.333. The molecule has 5 rings (SSSR count). The highest BCUT2D eigenvalue weighted by Gasteiger charge is 2.45. The van der Waals surface area contributed by atoms with Gasteiger partial charge in [0.15, 0.2) is 5.70 Å². The summed E-state index contributed by atoms with van der Waals surface area (Å²) in [6.07, 6.45) is 0.859. The zero-order chi connectivity index (χ0) is 33.2. The topological polar surface area (TPSA) is 138 Å². The maximum absolute atomic E-state index is 13.8. The molecule has 12 heteroatoms. The number of anilines is 1. The molecule has 0 unspecified atom stereocenters. The number of benzene rings is 3. The Kier molecular flexibility index (Phi) is 9.79. The average molecular weight is 645 g/mol. The molecule has 2 aliphatic rings. The molecule has 1 fully saturated rings. The van der Waals surface area contributed by atoms with Gasteiger partial charge in [-0.05, 0) is 62.4 Å². The average Bonchev–Trinajstić information content (AvgIpc) is 2.96. The van der Waals surface area contributed by atoms with Gasteiger partial charge in [0.2, 0.25) is 0 Å². The minimum absolute atomic E-state index is 0.0247. The Labute approximate surface area is 260 Å². The van der Waals surface area contributed by atoms with Crippen molar-refractivity contribution in [3.8, 4) is 0 Å². The van der Waals surface area contributed by atoms with Crippen LogP contribution in [0.15, 0.2) is 77.3 Å². The van der Waals surface area contributed by atoms with E-state index in [9.17, 15) is 36.3 Å². The van der Waals surface area contributed by atoms with E-state index >= 15 is 0 Å². The van der Waals surface area contributed by atoms with Crippen LogP contribution < -0.4 is 10.0 Å². The van der Waals surface area contributed by atoms with Crippen LogP contribution in [0, 0.1) is 19.3 Å². The van der Waals surface area contributed by atoms with E-state index in [1.165, 1.54) is 30.7 Å². The number of sulfonamides is 1. The molecular formula is C33H35F3N2O6S. The van der Waals surface area contributed by atoms with Crippen LogP contribution in [0.3, 0.4) is 0 Å². The number of rotatable bonds is 6. The van der Waals surface area contributed by atoms with Crippen molar-refractivity contribution in [3.63, 3.8) is 0 Å². The molecular weight excluding hydrogens is 609 g/mol. The lowest BCUT2D eigenvalue weighted by molar-refractivity contribution is -0.140. The molecule has 0 bridgehead atoms. The van der Waals surface area contributed by atoms with Crippen LogP contribution in [0.1, 0.15) is 66.3 Å². The highest BCUT2D eigenvalue weighted by molar-refractivity contribution is 7.93. The summed E-state index contributed by atoms with van der Waals surface area (Å²) >= 11 is 0. The number of fused-ring (bicyclic) bond motifs is 1. The Bertz CT molecular complexity index is 1720. The van der Waals surface area contributed by atoms with E-state index in [2.05, 4.69) is 0 Å². The molecule has 240 valence electrons. The summed E-state index contributed by atoms with van der Waals surface area (Å²) in [5, 5.41) is 18.9. The second kappa shape index (κ2) is 13.1. The summed E-state index contributed by atoms with van der Waals surface area (Å²) in [7, 11) is -4.68. The summed E-state index contributed by atoms with van der Waals surface area (Å²) in [5.41, 5.74) is 4.84. The number of carboxylic acids is 2. The number of nitrogens with zero attached hydrogens (tertiary/aromatic N) is 1. The van der Waals surface area contributed by atoms with Crippen LogP contribution >= 0.6 is 0 Å². The van der Waals surface area contributed by atoms with Gasteiger partial charge in [-0.1, -0.05) is 78.9 Å². The summed E-state index contributed by atoms with van der Waals surface area (Å²) in [6.45, 7) is 4.11. The predicted molar refractivity (Wildman–Crippen MR) is 164 cm³/mol. The van der Waals surface area contributed by atoms with E-state index in [1.54, 1.807) is 32.0 Å². The van der Waals surface area contributed by atoms with Crippen LogP contribution in [0.4, 0.5) is 18.9 Å². The molecule has 4 N–H and O–H groups in total. The second-order valence-electron chi connectivity index (χ2n) is 11.5. The summed E-state index contributed by atoms with van der Waals surface area (Å²) in [5.74, 6) is -2.37. The first kappa shape index (κ1) is 33.7. The molecule has 1 aliphatic carbocycles. The predicted octanol–water partition coefficient (Wildman–Crippen LogP) is 6.75. The van der Waals surface area contributed by atoms with E-state index in [1.807, 2.05) is 6.07 Å². The molecule has 3 aromatic carbocycles. The van der Waals surface area contributed by atoms with Gasteiger partial charge in [-0.25, -0.2) is 17.5 Å². The smallest absolute Gasteiger partial charge is 0.418 e. The maximum atomic E-state index is 13.8. The molecule has 1 heterocycles. The third kappa shape index (κ3) is 7.07. The van der Waals surface area contributed by atoms with E-state index in [0.717, 1.165) is 55.0 Å². The molecule has 0 spiro atoms. The molecule has 0 saturated heterocycles. The number of halogens is 3. The van der Waals surface area contributed by atoms with Crippen LogP contribution in [0.25, 0.3) is 5.57 Å². The fourth-order valence-corrected chi connectivity index (χ4v) is 7.89. The monoisotopic (exact) mass is 644 g/mol. The van der Waals surface area contributed by atoms with Crippen LogP contribution in [-0.4, -0.2) is 37.1 Å². The number of hydrogen-bond acceptors (Lipinski definition) is 5. The zero-order valence-corrected chi connectivity index (χ0v) is 25.7. The van der Waals surface area contributed by atoms with Crippen LogP contribution in [0.5, 0.6) is 0 Å². The number of carbonyl (C=O) groups is 2. The van der Waals surface area contributed by atoms with Gasteiger partial charge in [-0.2, -0.15) is 13.2 Å². The first-order chi connectivity index (χ1) is 21.1. The van der Waals surface area contributed by atoms with Gasteiger partial charge in [0.25, 0.3) is 10.0 Å². The van der Waals surface area contributed by atoms with Crippen molar-refractivity contribution < 1.29 is 41.4 Å². The van der Waals surface area contributed by atoms with Gasteiger partial charge in [0.1, 0.15) is 0 Å². The lowest BCUT2D eigenvalue weighted by Crippen LogP contribution is -2.39. The zero-order valence-electron chi connectivity index (χ0n) is 24.9. The number of hydrogen-bond donors (Lipinski definition) is 3. The minimum atomic E-state index is -4.91. The number of alkyl halides is 3. The molecule has 3 aromatic rings. The van der Waals surface area contributed by atoms with E-state index in [-0.39, 0.29) is 27.9 Å². The Morgan fingerprint density at radius 1 is 0.911 bits per heavy atom. The quantitative estimate of drug-likeness (QED) is 0.270. The van der Waals surface area contributed by atoms with Crippen LogP contribution in [0.2, 0.25) is 0 Å². The number of aryl methyl sites for hydroxylation is 2. The molecule has 0 amide bonds. The van der Waals surface area contributed by atoms with Gasteiger partial charge in [-0.3, -0.25) is 4.79 Å². The number of nitrogens with two attached hydrogens (primary N) is 1. The minimum Gasteiger partial charge on any atom is -0.481 e. The molecule has 1 saturated carbocycles. The third-order valence-electron chi connectivity index (χ3n) is 8.13. The molecule has 0 atom stereocenters. The van der Waals surface area contributed by atoms with Crippen molar-refractivity contribution in [2.45, 2.75) is 63.4 Å². The molecule has 8 nitrogen and oxygen atoms in total. The van der Waals surface area contributed by atoms with Gasteiger partial charge in [0, 0.05) is 11.1 Å². The van der Waals surface area contributed by atoms with Crippen LogP contribution in [-0.2, 0) is 25.8 Å². The van der Waals surface area contributed by atoms with Crippen molar-refractivity contribution in [1.82, 2.24) is 0 Å². The van der Waals surface area contributed by atoms with Gasteiger partial charge >= 0.3 is 18.1 Å². The lowest BCUT2D eigenvalue weighted by Gasteiger charge is -2.34. The molecule has 0 aromatic heterocycles. The van der Waals surface area contributed by atoms with E-state index in [0.29, 0.717) is 16.4 Å². The number of aliphatic carboxylic acids is 2. The summed E-state index contributed by atoms with van der Waals surface area (Å²) < 4.78 is 68.9. The SMILES string of the molecule is Cc1cc(C)cc(C2=C(C(=O)O)N(c3ccccc3C(F)(F)F)S(=O)(=O)c3ccccc32)c1.NCC1(CC(=O)O)CCCCC1. The van der Waals surface area contributed by atoms with Gasteiger partial charge in [0.05, 0.1) is 22.6 Å². The molecule has 0 radical (unpaired) electrons. The summed E-state index contributed by atoms with van der Waals surface area (Å²) in [6, 6.07) is 14.9. The second-order valence-corrected chi connectivity index (χ2v) is 13.3. The number of carboxylic acid groups (broad SMARTS) is 2. The van der Waals surface area contributed by atoms with Gasteiger partial charge in [-0.15, -0.1) is 0 Å². The van der Waals surface area contributed by atoms with Crippen molar-refractivity contribution >= 4 is 33.2 Å². The highest BCUT2D eigenvalue weighted by Crippen LogP contribution is 2.46. The standard InChI is InChI=1S/C24H18F3NO4S.C9H17NO2/c1-14-11-15(2)13-16(12-14)21-17-7-3-6-10-20(17)33(31,32)28(22(21)23(29)30)19-9-5-4-8-18(19)24(25,26)27;10-7-9(6-8(11)12)4-2-1-3-5-9/h3-13H,1-2H3,(H,29,30);1-7,10H2,(H,11,12). The largest absolute Gasteiger partial charge is 0.481 e. The van der Waals surface area contributed by atoms with E-state index in [4.69, 9.17) is 10.8 Å². The summed E-state index contributed by atoms with van der Waals surface area (Å²) in [4.78, 5) is 22.8. The molecule has 1 aliphatic heterocycles. The Morgan fingerprint density at radius 2 is 1.49 bits per heavy atom. The normalized spacial score (nSPS) is 17.2. The Balaban J connectivity index is 0.000000323. The Hall–Kier alpha value is -4.16.